The lowest BCUT2D eigenvalue weighted by atomic mass is 10.2. The highest BCUT2D eigenvalue weighted by Gasteiger charge is 2.05. The molecular weight excluding hydrogens is 152 g/mol. The Morgan fingerprint density at radius 3 is 2.58 bits per heavy atom. The maximum Gasteiger partial charge on any atom is 0.221 e. The van der Waals surface area contributed by atoms with E-state index in [2.05, 4.69) is 11.4 Å². The second-order valence-corrected chi connectivity index (χ2v) is 3.24. The Morgan fingerprint density at radius 2 is 2.17 bits per heavy atom. The van der Waals surface area contributed by atoms with E-state index in [0.717, 1.165) is 6.54 Å². The average molecular weight is 170 g/mol. The molecule has 0 saturated carbocycles. The largest absolute Gasteiger partial charge is 0.369 e. The molecule has 0 heterocycles. The van der Waals surface area contributed by atoms with Gasteiger partial charge in [0, 0.05) is 19.0 Å². The van der Waals surface area contributed by atoms with Gasteiger partial charge in [0.2, 0.25) is 5.91 Å². The van der Waals surface area contributed by atoms with E-state index in [9.17, 15) is 4.79 Å². The molecule has 1 unspecified atom stereocenters. The van der Waals surface area contributed by atoms with E-state index in [-0.39, 0.29) is 11.8 Å². The van der Waals surface area contributed by atoms with E-state index in [4.69, 9.17) is 5.73 Å². The zero-order valence-electron chi connectivity index (χ0n) is 8.05. The molecule has 1 atom stereocenters. The highest BCUT2D eigenvalue weighted by atomic mass is 16.1. The number of allylic oxidation sites excluding steroid dienone is 1. The molecule has 0 rings (SSSR count). The van der Waals surface area contributed by atoms with Crippen molar-refractivity contribution in [2.75, 3.05) is 13.1 Å². The van der Waals surface area contributed by atoms with Crippen molar-refractivity contribution in [3.8, 4) is 0 Å². The fourth-order valence-electron chi connectivity index (χ4n) is 0.677. The topological polar surface area (TPSA) is 55.1 Å². The van der Waals surface area contributed by atoms with E-state index in [1.54, 1.807) is 0 Å². The first-order chi connectivity index (χ1) is 5.54. The lowest BCUT2D eigenvalue weighted by Gasteiger charge is -2.06. The second-order valence-electron chi connectivity index (χ2n) is 3.24. The Labute approximate surface area is 74.0 Å². The van der Waals surface area contributed by atoms with Gasteiger partial charge in [-0.2, -0.15) is 0 Å². The molecule has 0 aromatic rings. The molecule has 0 fully saturated rings. The SMILES string of the molecule is CC(C)=CCNCC(C)C(N)=O. The molecule has 0 spiro atoms. The van der Waals surface area contributed by atoms with Crippen LogP contribution in [0.25, 0.3) is 0 Å². The molecule has 3 heteroatoms. The maximum absolute atomic E-state index is 10.6. The van der Waals surface area contributed by atoms with Crippen molar-refractivity contribution in [1.82, 2.24) is 5.32 Å². The number of primary amides is 1. The monoisotopic (exact) mass is 170 g/mol. The highest BCUT2D eigenvalue weighted by Crippen LogP contribution is 1.90. The van der Waals surface area contributed by atoms with Crippen LogP contribution in [-0.2, 0) is 4.79 Å². The molecule has 0 aliphatic rings. The molecule has 1 amide bonds. The van der Waals surface area contributed by atoms with Gasteiger partial charge in [-0.25, -0.2) is 0 Å². The van der Waals surface area contributed by atoms with E-state index >= 15 is 0 Å². The minimum Gasteiger partial charge on any atom is -0.369 e. The summed E-state index contributed by atoms with van der Waals surface area (Å²) in [5.74, 6) is -0.338. The summed E-state index contributed by atoms with van der Waals surface area (Å²) in [6.45, 7) is 7.36. The third-order valence-corrected chi connectivity index (χ3v) is 1.59. The molecule has 0 aromatic heterocycles. The van der Waals surface area contributed by atoms with E-state index in [1.165, 1.54) is 5.57 Å². The van der Waals surface area contributed by atoms with Crippen LogP contribution in [0.5, 0.6) is 0 Å². The Kier molecular flexibility index (Phi) is 5.37. The summed E-state index contributed by atoms with van der Waals surface area (Å²) in [7, 11) is 0. The van der Waals surface area contributed by atoms with Crippen LogP contribution in [0.2, 0.25) is 0 Å². The lowest BCUT2D eigenvalue weighted by Crippen LogP contribution is -2.31. The fourth-order valence-corrected chi connectivity index (χ4v) is 0.677. The number of nitrogens with one attached hydrogen (secondary N) is 1. The highest BCUT2D eigenvalue weighted by molar-refractivity contribution is 5.76. The smallest absolute Gasteiger partial charge is 0.221 e. The first-order valence-corrected chi connectivity index (χ1v) is 4.17. The standard InChI is InChI=1S/C9H18N2O/c1-7(2)4-5-11-6-8(3)9(10)12/h4,8,11H,5-6H2,1-3H3,(H2,10,12). The molecule has 3 N–H and O–H groups in total. The van der Waals surface area contributed by atoms with Crippen LogP contribution >= 0.6 is 0 Å². The van der Waals surface area contributed by atoms with Crippen molar-refractivity contribution in [3.05, 3.63) is 11.6 Å². The van der Waals surface area contributed by atoms with Crippen molar-refractivity contribution in [2.24, 2.45) is 11.7 Å². The van der Waals surface area contributed by atoms with Gasteiger partial charge in [-0.3, -0.25) is 4.79 Å². The van der Waals surface area contributed by atoms with Crippen molar-refractivity contribution >= 4 is 5.91 Å². The van der Waals surface area contributed by atoms with E-state index < -0.39 is 0 Å². The molecule has 70 valence electrons. The number of carbonyl (C=O) groups is 1. The molecule has 12 heavy (non-hydrogen) atoms. The molecule has 3 nitrogen and oxygen atoms in total. The predicted octanol–water partition coefficient (Wildman–Crippen LogP) is 0.664. The summed E-state index contributed by atoms with van der Waals surface area (Å²) in [6.07, 6.45) is 2.08. The number of carbonyl (C=O) groups excluding carboxylic acids is 1. The summed E-state index contributed by atoms with van der Waals surface area (Å²) in [4.78, 5) is 10.6. The molecule has 0 radical (unpaired) electrons. The second kappa shape index (κ2) is 5.77. The summed E-state index contributed by atoms with van der Waals surface area (Å²) < 4.78 is 0. The Hall–Kier alpha value is -0.830. The number of hydrogen-bond acceptors (Lipinski definition) is 2. The van der Waals surface area contributed by atoms with Gasteiger partial charge in [-0.15, -0.1) is 0 Å². The van der Waals surface area contributed by atoms with Crippen molar-refractivity contribution < 1.29 is 4.79 Å². The van der Waals surface area contributed by atoms with Crippen LogP contribution in [0.4, 0.5) is 0 Å². The first kappa shape index (κ1) is 11.2. The maximum atomic E-state index is 10.6. The minimum atomic E-state index is -0.250. The molecular formula is C9H18N2O. The normalized spacial score (nSPS) is 12.2. The van der Waals surface area contributed by atoms with Crippen molar-refractivity contribution in [1.29, 1.82) is 0 Å². The van der Waals surface area contributed by atoms with Crippen LogP contribution in [-0.4, -0.2) is 19.0 Å². The van der Waals surface area contributed by atoms with E-state index in [0.29, 0.717) is 6.54 Å². The number of rotatable bonds is 5. The molecule has 0 saturated heterocycles. The van der Waals surface area contributed by atoms with Gasteiger partial charge in [-0.1, -0.05) is 18.6 Å². The lowest BCUT2D eigenvalue weighted by molar-refractivity contribution is -0.121. The number of hydrogen-bond donors (Lipinski definition) is 2. The van der Waals surface area contributed by atoms with Crippen LogP contribution in [0.3, 0.4) is 0 Å². The third kappa shape index (κ3) is 5.92. The zero-order valence-corrected chi connectivity index (χ0v) is 8.05. The van der Waals surface area contributed by atoms with Crippen LogP contribution in [0.1, 0.15) is 20.8 Å². The summed E-state index contributed by atoms with van der Waals surface area (Å²) in [5.41, 5.74) is 6.36. The summed E-state index contributed by atoms with van der Waals surface area (Å²) in [5, 5.41) is 3.12. The van der Waals surface area contributed by atoms with Gasteiger partial charge in [0.05, 0.1) is 0 Å². The molecule has 0 aliphatic carbocycles. The first-order valence-electron chi connectivity index (χ1n) is 4.17. The van der Waals surface area contributed by atoms with Gasteiger partial charge < -0.3 is 11.1 Å². The fraction of sp³-hybridized carbons (Fsp3) is 0.667. The van der Waals surface area contributed by atoms with Gasteiger partial charge in [-0.05, 0) is 13.8 Å². The van der Waals surface area contributed by atoms with Crippen molar-refractivity contribution in [2.45, 2.75) is 20.8 Å². The third-order valence-electron chi connectivity index (χ3n) is 1.59. The number of nitrogens with two attached hydrogens (primary N) is 1. The van der Waals surface area contributed by atoms with Crippen LogP contribution < -0.4 is 11.1 Å². The predicted molar refractivity (Wildman–Crippen MR) is 50.7 cm³/mol. The van der Waals surface area contributed by atoms with Gasteiger partial charge in [0.15, 0.2) is 0 Å². The quantitative estimate of drug-likeness (QED) is 0.470. The van der Waals surface area contributed by atoms with E-state index in [1.807, 2.05) is 20.8 Å². The summed E-state index contributed by atoms with van der Waals surface area (Å²) in [6, 6.07) is 0. The molecule has 0 bridgehead atoms. The van der Waals surface area contributed by atoms with Gasteiger partial charge in [0.25, 0.3) is 0 Å². The molecule has 0 aromatic carbocycles. The molecule has 0 aliphatic heterocycles. The zero-order chi connectivity index (χ0) is 9.56. The van der Waals surface area contributed by atoms with Crippen LogP contribution in [0, 0.1) is 5.92 Å². The van der Waals surface area contributed by atoms with Gasteiger partial charge in [0.1, 0.15) is 0 Å². The Morgan fingerprint density at radius 1 is 1.58 bits per heavy atom. The van der Waals surface area contributed by atoms with Crippen LogP contribution in [0.15, 0.2) is 11.6 Å². The summed E-state index contributed by atoms with van der Waals surface area (Å²) >= 11 is 0. The average Bonchev–Trinajstić information content (AvgIpc) is 1.97. The van der Waals surface area contributed by atoms with Gasteiger partial charge >= 0.3 is 0 Å². The Bertz CT molecular complexity index is 171. The Balaban J connectivity index is 3.44. The minimum absolute atomic E-state index is 0.0874. The number of amides is 1. The van der Waals surface area contributed by atoms with Crippen molar-refractivity contribution in [3.63, 3.8) is 0 Å².